The molecule has 0 spiro atoms. The van der Waals surface area contributed by atoms with E-state index in [1.54, 1.807) is 6.07 Å². The largest absolute Gasteiger partial charge is 0.421 e. The van der Waals surface area contributed by atoms with Crippen molar-refractivity contribution in [2.24, 2.45) is 0 Å². The van der Waals surface area contributed by atoms with Crippen molar-refractivity contribution in [3.8, 4) is 0 Å². The summed E-state index contributed by atoms with van der Waals surface area (Å²) in [6.07, 6.45) is 0. The number of H-pyrrole nitrogens is 1. The molecule has 0 amide bonds. The number of anilines is 4. The van der Waals surface area contributed by atoms with Crippen LogP contribution in [0.1, 0.15) is 0 Å². The summed E-state index contributed by atoms with van der Waals surface area (Å²) in [5.41, 5.74) is 4.30. The Morgan fingerprint density at radius 3 is 1.89 bits per heavy atom. The molecule has 0 unspecified atom stereocenters. The van der Waals surface area contributed by atoms with Crippen LogP contribution < -0.4 is 20.6 Å². The van der Waals surface area contributed by atoms with E-state index in [4.69, 9.17) is 0 Å². The van der Waals surface area contributed by atoms with Crippen molar-refractivity contribution in [1.82, 2.24) is 4.98 Å². The molecule has 0 radical (unpaired) electrons. The third kappa shape index (κ3) is 2.69. The molecule has 0 fully saturated rings. The number of pyridine rings is 1. The van der Waals surface area contributed by atoms with Crippen LogP contribution in [-0.4, -0.2) is 12.0 Å². The Labute approximate surface area is 163 Å². The van der Waals surface area contributed by atoms with Gasteiger partial charge in [0.25, 0.3) is 0 Å². The summed E-state index contributed by atoms with van der Waals surface area (Å²) in [5, 5.41) is 0. The highest BCUT2D eigenvalue weighted by molar-refractivity contribution is 6.84. The van der Waals surface area contributed by atoms with Gasteiger partial charge in [0.15, 0.2) is 0 Å². The first-order valence-corrected chi connectivity index (χ1v) is 9.30. The Morgan fingerprint density at radius 1 is 0.607 bits per heavy atom. The zero-order valence-electron chi connectivity index (χ0n) is 15.2. The summed E-state index contributed by atoms with van der Waals surface area (Å²) in [5.74, 6) is 0.771. The van der Waals surface area contributed by atoms with E-state index in [2.05, 4.69) is 51.0 Å². The van der Waals surface area contributed by atoms with Crippen molar-refractivity contribution in [2.75, 3.05) is 9.62 Å². The smallest absolute Gasteiger partial charge is 0.360 e. The van der Waals surface area contributed by atoms with Crippen LogP contribution in [0.3, 0.4) is 0 Å². The van der Waals surface area contributed by atoms with E-state index in [1.165, 1.54) is 6.07 Å². The minimum absolute atomic E-state index is 0.111. The van der Waals surface area contributed by atoms with E-state index < -0.39 is 0 Å². The van der Waals surface area contributed by atoms with Gasteiger partial charge in [0.1, 0.15) is 5.82 Å². The fourth-order valence-electron chi connectivity index (χ4n) is 3.88. The Hall–Kier alpha value is -3.73. The van der Waals surface area contributed by atoms with E-state index in [9.17, 15) is 4.79 Å². The van der Waals surface area contributed by atoms with Crippen molar-refractivity contribution in [3.05, 3.63) is 113 Å². The summed E-state index contributed by atoms with van der Waals surface area (Å²) in [4.78, 5) is 19.6. The minimum Gasteiger partial charge on any atom is -0.360 e. The van der Waals surface area contributed by atoms with E-state index in [1.807, 2.05) is 54.6 Å². The van der Waals surface area contributed by atoms with Crippen LogP contribution in [0.25, 0.3) is 0 Å². The fraction of sp³-hybridized carbons (Fsp3) is 0. The number of benzene rings is 3. The maximum absolute atomic E-state index is 12.1. The lowest BCUT2D eigenvalue weighted by Gasteiger charge is -2.29. The lowest BCUT2D eigenvalue weighted by Crippen LogP contribution is -2.53. The Morgan fingerprint density at radius 2 is 1.21 bits per heavy atom. The van der Waals surface area contributed by atoms with Gasteiger partial charge in [0, 0.05) is 11.8 Å². The highest BCUT2D eigenvalue weighted by atomic mass is 16.1. The summed E-state index contributed by atoms with van der Waals surface area (Å²) in [6.45, 7) is -0.112. The normalized spacial score (nSPS) is 12.9. The number of aromatic nitrogens is 1. The molecule has 1 aliphatic heterocycles. The van der Waals surface area contributed by atoms with Crippen LogP contribution in [0.5, 0.6) is 0 Å². The topological polar surface area (TPSA) is 39.3 Å². The van der Waals surface area contributed by atoms with E-state index in [-0.39, 0.29) is 12.5 Å². The van der Waals surface area contributed by atoms with Crippen molar-refractivity contribution in [1.29, 1.82) is 0 Å². The average Bonchev–Trinajstić information content (AvgIpc) is 3.10. The molecule has 0 saturated heterocycles. The SMILES string of the molecule is O=c1cccc(N2B(c3ccccc3)N(c3ccccc3)c3ccccc32)[nH]1. The second-order valence-corrected chi connectivity index (χ2v) is 6.75. The molecule has 5 heteroatoms. The first-order chi connectivity index (χ1) is 13.8. The van der Waals surface area contributed by atoms with Gasteiger partial charge in [0.05, 0.1) is 11.4 Å². The molecule has 0 atom stereocenters. The zero-order valence-corrected chi connectivity index (χ0v) is 15.2. The fourth-order valence-corrected chi connectivity index (χ4v) is 3.88. The van der Waals surface area contributed by atoms with Crippen molar-refractivity contribution in [3.63, 3.8) is 0 Å². The summed E-state index contributed by atoms with van der Waals surface area (Å²) < 4.78 is 0. The maximum Gasteiger partial charge on any atom is 0.421 e. The number of aromatic amines is 1. The number of nitrogens with one attached hydrogen (secondary N) is 1. The molecule has 2 heterocycles. The zero-order chi connectivity index (χ0) is 18.9. The quantitative estimate of drug-likeness (QED) is 0.558. The van der Waals surface area contributed by atoms with Crippen LogP contribution in [0.15, 0.2) is 108 Å². The Bertz CT molecular complexity index is 1160. The van der Waals surface area contributed by atoms with Crippen LogP contribution >= 0.6 is 0 Å². The summed E-state index contributed by atoms with van der Waals surface area (Å²) in [6, 6.07) is 34.3. The van der Waals surface area contributed by atoms with Crippen LogP contribution in [0, 0.1) is 0 Å². The van der Waals surface area contributed by atoms with Gasteiger partial charge in [-0.1, -0.05) is 66.7 Å². The van der Waals surface area contributed by atoms with Gasteiger partial charge in [-0.05, 0) is 35.8 Å². The molecule has 3 aromatic carbocycles. The first kappa shape index (κ1) is 16.4. The van der Waals surface area contributed by atoms with Gasteiger partial charge in [-0.15, -0.1) is 0 Å². The number of para-hydroxylation sites is 3. The molecule has 1 aromatic heterocycles. The molecule has 28 heavy (non-hydrogen) atoms. The van der Waals surface area contributed by atoms with Gasteiger partial charge in [0.2, 0.25) is 5.56 Å². The maximum atomic E-state index is 12.1. The van der Waals surface area contributed by atoms with Gasteiger partial charge in [-0.25, -0.2) is 0 Å². The third-order valence-corrected chi connectivity index (χ3v) is 5.03. The molecule has 1 aliphatic rings. The standard InChI is InChI=1S/C23H18BN3O/c28-23-17-9-16-22(25-23)27-21-15-8-7-14-20(21)26(19-12-5-2-6-13-19)24(27)18-10-3-1-4-11-18/h1-17H,(H,25,28). The lowest BCUT2D eigenvalue weighted by molar-refractivity contribution is 1.19. The molecule has 5 rings (SSSR count). The number of fused-ring (bicyclic) bond motifs is 1. The number of hydrogen-bond donors (Lipinski definition) is 1. The Balaban J connectivity index is 1.78. The lowest BCUT2D eigenvalue weighted by atomic mass is 9.65. The predicted molar refractivity (Wildman–Crippen MR) is 116 cm³/mol. The molecule has 0 bridgehead atoms. The monoisotopic (exact) mass is 363 g/mol. The summed E-state index contributed by atoms with van der Waals surface area (Å²) >= 11 is 0. The molecule has 1 N–H and O–H groups in total. The van der Waals surface area contributed by atoms with E-state index >= 15 is 0 Å². The van der Waals surface area contributed by atoms with Crippen LogP contribution in [0.4, 0.5) is 22.9 Å². The minimum atomic E-state index is -0.112. The second-order valence-electron chi connectivity index (χ2n) is 6.75. The molecule has 4 aromatic rings. The van der Waals surface area contributed by atoms with Crippen LogP contribution in [0.2, 0.25) is 0 Å². The molecule has 0 aliphatic carbocycles. The van der Waals surface area contributed by atoms with Gasteiger partial charge >= 0.3 is 6.98 Å². The van der Waals surface area contributed by atoms with Crippen LogP contribution in [-0.2, 0) is 0 Å². The molecular weight excluding hydrogens is 345 g/mol. The highest BCUT2D eigenvalue weighted by Gasteiger charge is 2.43. The number of rotatable bonds is 3. The summed E-state index contributed by atoms with van der Waals surface area (Å²) in [7, 11) is 0. The number of nitrogens with zero attached hydrogens (tertiary/aromatic N) is 2. The third-order valence-electron chi connectivity index (χ3n) is 5.03. The predicted octanol–water partition coefficient (Wildman–Crippen LogP) is 4.06. The van der Waals surface area contributed by atoms with Gasteiger partial charge in [-0.2, -0.15) is 0 Å². The first-order valence-electron chi connectivity index (χ1n) is 9.30. The molecule has 4 nitrogen and oxygen atoms in total. The molecule has 0 saturated carbocycles. The highest BCUT2D eigenvalue weighted by Crippen LogP contribution is 2.45. The average molecular weight is 363 g/mol. The molecular formula is C23H18BN3O. The second kappa shape index (κ2) is 6.78. The van der Waals surface area contributed by atoms with E-state index in [0.717, 1.165) is 28.3 Å². The van der Waals surface area contributed by atoms with Crippen molar-refractivity contribution in [2.45, 2.75) is 0 Å². The van der Waals surface area contributed by atoms with Gasteiger partial charge in [-0.3, -0.25) is 4.79 Å². The van der Waals surface area contributed by atoms with Crippen molar-refractivity contribution < 1.29 is 0 Å². The Kier molecular flexibility index (Phi) is 3.98. The molecule has 134 valence electrons. The van der Waals surface area contributed by atoms with Gasteiger partial charge < -0.3 is 14.6 Å². The van der Waals surface area contributed by atoms with Crippen molar-refractivity contribution >= 4 is 35.3 Å². The number of hydrogen-bond acceptors (Lipinski definition) is 3. The van der Waals surface area contributed by atoms with E-state index in [0.29, 0.717) is 0 Å².